The summed E-state index contributed by atoms with van der Waals surface area (Å²) in [4.78, 5) is 11.9. The first-order chi connectivity index (χ1) is 9.96. The van der Waals surface area contributed by atoms with Gasteiger partial charge in [-0.15, -0.1) is 0 Å². The number of hydrogen-bond donors (Lipinski definition) is 1. The van der Waals surface area contributed by atoms with Gasteiger partial charge in [0.2, 0.25) is 15.9 Å². The summed E-state index contributed by atoms with van der Waals surface area (Å²) in [5, 5.41) is 0. The van der Waals surface area contributed by atoms with Gasteiger partial charge >= 0.3 is 0 Å². The molecule has 1 aromatic rings. The van der Waals surface area contributed by atoms with Crippen molar-refractivity contribution in [1.82, 2.24) is 4.72 Å². The first kappa shape index (κ1) is 16.0. The van der Waals surface area contributed by atoms with Crippen LogP contribution in [0.25, 0.3) is 0 Å². The second kappa shape index (κ2) is 7.04. The molecule has 0 radical (unpaired) electrons. The number of carbonyl (C=O) groups excluding carboxylic acids is 1. The highest BCUT2D eigenvalue weighted by atomic mass is 32.2. The van der Waals surface area contributed by atoms with Gasteiger partial charge in [-0.05, 0) is 37.3 Å². The van der Waals surface area contributed by atoms with Gasteiger partial charge < -0.3 is 4.74 Å². The zero-order chi connectivity index (χ0) is 15.3. The summed E-state index contributed by atoms with van der Waals surface area (Å²) < 4.78 is 31.5. The minimum Gasteiger partial charge on any atom is -0.377 e. The number of rotatable bonds is 5. The van der Waals surface area contributed by atoms with E-state index in [-0.39, 0.29) is 18.3 Å². The fourth-order valence-corrected chi connectivity index (χ4v) is 3.67. The van der Waals surface area contributed by atoms with Crippen molar-refractivity contribution < 1.29 is 17.9 Å². The monoisotopic (exact) mass is 311 g/mol. The zero-order valence-corrected chi connectivity index (χ0v) is 13.0. The number of benzene rings is 1. The molecule has 1 aromatic carbocycles. The van der Waals surface area contributed by atoms with Gasteiger partial charge in [-0.2, -0.15) is 0 Å². The lowest BCUT2D eigenvalue weighted by Gasteiger charge is -2.22. The molecule has 0 spiro atoms. The molecule has 0 saturated carbocycles. The van der Waals surface area contributed by atoms with Crippen molar-refractivity contribution >= 4 is 15.9 Å². The van der Waals surface area contributed by atoms with Crippen LogP contribution in [0.4, 0.5) is 0 Å². The van der Waals surface area contributed by atoms with Gasteiger partial charge in [0.1, 0.15) is 0 Å². The molecule has 1 aliphatic rings. The molecule has 5 nitrogen and oxygen atoms in total. The molecule has 1 amide bonds. The van der Waals surface area contributed by atoms with Crippen molar-refractivity contribution in [2.75, 3.05) is 12.4 Å². The van der Waals surface area contributed by atoms with E-state index in [1.54, 1.807) is 0 Å². The van der Waals surface area contributed by atoms with Crippen molar-refractivity contribution in [2.24, 2.45) is 0 Å². The SMILES string of the molecule is Cc1ccccc1CC(=O)NS(=O)(=O)C[C@@H]1CCCCO1. The second-order valence-corrected chi connectivity index (χ2v) is 7.17. The number of aryl methyl sites for hydroxylation is 1. The summed E-state index contributed by atoms with van der Waals surface area (Å²) in [6.45, 7) is 2.49. The summed E-state index contributed by atoms with van der Waals surface area (Å²) in [5.74, 6) is -0.646. The van der Waals surface area contributed by atoms with E-state index in [4.69, 9.17) is 4.74 Å². The highest BCUT2D eigenvalue weighted by Crippen LogP contribution is 2.14. The van der Waals surface area contributed by atoms with Gasteiger partial charge in [-0.1, -0.05) is 24.3 Å². The van der Waals surface area contributed by atoms with Crippen LogP contribution in [-0.2, 0) is 26.0 Å². The molecule has 0 aliphatic carbocycles. The summed E-state index contributed by atoms with van der Waals surface area (Å²) in [5.41, 5.74) is 1.81. The van der Waals surface area contributed by atoms with E-state index in [2.05, 4.69) is 4.72 Å². The smallest absolute Gasteiger partial charge is 0.237 e. The van der Waals surface area contributed by atoms with Crippen molar-refractivity contribution in [1.29, 1.82) is 0 Å². The van der Waals surface area contributed by atoms with E-state index >= 15 is 0 Å². The number of hydrogen-bond acceptors (Lipinski definition) is 4. The Morgan fingerprint density at radius 3 is 2.76 bits per heavy atom. The Kier molecular flexibility index (Phi) is 5.36. The molecular formula is C15H21NO4S. The Morgan fingerprint density at radius 1 is 1.33 bits per heavy atom. The van der Waals surface area contributed by atoms with Crippen LogP contribution in [0.2, 0.25) is 0 Å². The number of carbonyl (C=O) groups is 1. The molecular weight excluding hydrogens is 290 g/mol. The lowest BCUT2D eigenvalue weighted by molar-refractivity contribution is -0.118. The van der Waals surface area contributed by atoms with Crippen LogP contribution >= 0.6 is 0 Å². The van der Waals surface area contributed by atoms with Crippen LogP contribution in [0.15, 0.2) is 24.3 Å². The van der Waals surface area contributed by atoms with Crippen molar-refractivity contribution in [3.63, 3.8) is 0 Å². The Bertz CT molecular complexity index is 591. The minimum absolute atomic E-state index is 0.0669. The largest absolute Gasteiger partial charge is 0.377 e. The number of amides is 1. The van der Waals surface area contributed by atoms with Gasteiger partial charge in [0, 0.05) is 6.61 Å². The second-order valence-electron chi connectivity index (χ2n) is 5.40. The molecule has 116 valence electrons. The fourth-order valence-electron chi connectivity index (χ4n) is 2.42. The molecule has 2 rings (SSSR count). The van der Waals surface area contributed by atoms with Gasteiger partial charge in [-0.25, -0.2) is 8.42 Å². The summed E-state index contributed by atoms with van der Waals surface area (Å²) in [7, 11) is -3.64. The molecule has 0 unspecified atom stereocenters. The summed E-state index contributed by atoms with van der Waals surface area (Å²) in [6, 6.07) is 7.44. The van der Waals surface area contributed by atoms with Crippen LogP contribution < -0.4 is 4.72 Å². The van der Waals surface area contributed by atoms with E-state index in [0.717, 1.165) is 30.4 Å². The standard InChI is InChI=1S/C15H21NO4S/c1-12-6-2-3-7-13(12)10-15(17)16-21(18,19)11-14-8-4-5-9-20-14/h2-3,6-7,14H,4-5,8-11H2,1H3,(H,16,17)/t14-/m0/s1. The molecule has 1 N–H and O–H groups in total. The maximum absolute atomic E-state index is 12.0. The van der Waals surface area contributed by atoms with Crippen molar-refractivity contribution in [3.05, 3.63) is 35.4 Å². The lowest BCUT2D eigenvalue weighted by Crippen LogP contribution is -2.38. The van der Waals surface area contributed by atoms with Crippen molar-refractivity contribution in [3.8, 4) is 0 Å². The molecule has 21 heavy (non-hydrogen) atoms. The Labute approximate surface area is 125 Å². The number of nitrogens with one attached hydrogen (secondary N) is 1. The van der Waals surface area contributed by atoms with Gasteiger partial charge in [0.15, 0.2) is 0 Å². The van der Waals surface area contributed by atoms with E-state index in [0.29, 0.717) is 6.61 Å². The van der Waals surface area contributed by atoms with E-state index in [1.165, 1.54) is 0 Å². The molecule has 1 aliphatic heterocycles. The molecule has 1 heterocycles. The van der Waals surface area contributed by atoms with Gasteiger partial charge in [0.05, 0.1) is 18.3 Å². The number of sulfonamides is 1. The normalized spacial score (nSPS) is 19.2. The average molecular weight is 311 g/mol. The molecule has 6 heteroatoms. The van der Waals surface area contributed by atoms with Crippen LogP contribution in [-0.4, -0.2) is 32.8 Å². The van der Waals surface area contributed by atoms with E-state index in [1.807, 2.05) is 31.2 Å². The van der Waals surface area contributed by atoms with Gasteiger partial charge in [-0.3, -0.25) is 9.52 Å². The summed E-state index contributed by atoms with van der Waals surface area (Å²) >= 11 is 0. The van der Waals surface area contributed by atoms with Crippen molar-refractivity contribution in [2.45, 2.75) is 38.7 Å². The maximum atomic E-state index is 12.0. The Morgan fingerprint density at radius 2 is 2.10 bits per heavy atom. The predicted molar refractivity (Wildman–Crippen MR) is 80.4 cm³/mol. The minimum atomic E-state index is -3.64. The van der Waals surface area contributed by atoms with Crippen LogP contribution in [0, 0.1) is 6.92 Å². The molecule has 1 saturated heterocycles. The highest BCUT2D eigenvalue weighted by Gasteiger charge is 2.23. The third kappa shape index (κ3) is 5.13. The molecule has 1 atom stereocenters. The van der Waals surface area contributed by atoms with Crippen LogP contribution in [0.5, 0.6) is 0 Å². The quantitative estimate of drug-likeness (QED) is 0.895. The first-order valence-corrected chi connectivity index (χ1v) is 8.81. The molecule has 0 aromatic heterocycles. The van der Waals surface area contributed by atoms with Gasteiger partial charge in [0.25, 0.3) is 0 Å². The topological polar surface area (TPSA) is 72.5 Å². The number of ether oxygens (including phenoxy) is 1. The maximum Gasteiger partial charge on any atom is 0.237 e. The highest BCUT2D eigenvalue weighted by molar-refractivity contribution is 7.90. The zero-order valence-electron chi connectivity index (χ0n) is 12.2. The molecule has 0 bridgehead atoms. The third-order valence-corrected chi connectivity index (χ3v) is 4.91. The van der Waals surface area contributed by atoms with Crippen LogP contribution in [0.3, 0.4) is 0 Å². The predicted octanol–water partition coefficient (Wildman–Crippen LogP) is 1.55. The Balaban J connectivity index is 1.90. The summed E-state index contributed by atoms with van der Waals surface area (Å²) in [6.07, 6.45) is 2.43. The molecule has 1 fully saturated rings. The third-order valence-electron chi connectivity index (χ3n) is 3.56. The fraction of sp³-hybridized carbons (Fsp3) is 0.533. The Hall–Kier alpha value is -1.40. The average Bonchev–Trinajstić information content (AvgIpc) is 2.41. The lowest BCUT2D eigenvalue weighted by atomic mass is 10.1. The first-order valence-electron chi connectivity index (χ1n) is 7.16. The van der Waals surface area contributed by atoms with Crippen LogP contribution in [0.1, 0.15) is 30.4 Å². The van der Waals surface area contributed by atoms with E-state index < -0.39 is 15.9 Å². The van der Waals surface area contributed by atoms with E-state index in [9.17, 15) is 13.2 Å².